The van der Waals surface area contributed by atoms with Crippen LogP contribution in [0.15, 0.2) is 30.5 Å². The summed E-state index contributed by atoms with van der Waals surface area (Å²) in [5, 5.41) is 0. The molecule has 0 aliphatic heterocycles. The van der Waals surface area contributed by atoms with E-state index >= 15 is 0 Å². The summed E-state index contributed by atoms with van der Waals surface area (Å²) < 4.78 is 0. The molecule has 1 aromatic carbocycles. The van der Waals surface area contributed by atoms with Gasteiger partial charge in [0.05, 0.1) is 11.4 Å². The fourth-order valence-corrected chi connectivity index (χ4v) is 2.12. The third kappa shape index (κ3) is 3.26. The lowest BCUT2D eigenvalue weighted by atomic mass is 10.1. The van der Waals surface area contributed by atoms with Crippen LogP contribution in [0.4, 0.5) is 11.5 Å². The molecule has 20 heavy (non-hydrogen) atoms. The third-order valence-electron chi connectivity index (χ3n) is 3.28. The average molecular weight is 270 g/mol. The summed E-state index contributed by atoms with van der Waals surface area (Å²) in [6.45, 7) is 9.11. The maximum atomic E-state index is 5.74. The van der Waals surface area contributed by atoms with E-state index in [1.165, 1.54) is 5.56 Å². The van der Waals surface area contributed by atoms with Crippen LogP contribution in [0.25, 0.3) is 0 Å². The first-order valence-electron chi connectivity index (χ1n) is 6.88. The fourth-order valence-electron chi connectivity index (χ4n) is 2.12. The monoisotopic (exact) mass is 270 g/mol. The largest absolute Gasteiger partial charge is 0.399 e. The van der Waals surface area contributed by atoms with Gasteiger partial charge < -0.3 is 10.6 Å². The maximum Gasteiger partial charge on any atom is 0.150 e. The van der Waals surface area contributed by atoms with Crippen LogP contribution in [0.2, 0.25) is 0 Å². The zero-order valence-corrected chi connectivity index (χ0v) is 12.6. The Morgan fingerprint density at radius 3 is 2.40 bits per heavy atom. The third-order valence-corrected chi connectivity index (χ3v) is 3.28. The standard InChI is InChI=1S/C16H22N4/c1-11(2)20(10-14-5-7-15(17)8-6-14)16-13(4)18-9-12(3)19-16/h5-9,11H,10,17H2,1-4H3. The number of hydrogen-bond acceptors (Lipinski definition) is 4. The van der Waals surface area contributed by atoms with Gasteiger partial charge in [-0.3, -0.25) is 4.98 Å². The zero-order chi connectivity index (χ0) is 14.7. The van der Waals surface area contributed by atoms with Gasteiger partial charge in [-0.2, -0.15) is 0 Å². The molecule has 2 rings (SSSR count). The molecule has 0 atom stereocenters. The summed E-state index contributed by atoms with van der Waals surface area (Å²) in [6, 6.07) is 8.33. The molecule has 0 aliphatic rings. The molecule has 2 N–H and O–H groups in total. The van der Waals surface area contributed by atoms with Crippen LogP contribution in [0.5, 0.6) is 0 Å². The highest BCUT2D eigenvalue weighted by Gasteiger charge is 2.16. The predicted octanol–water partition coefficient (Wildman–Crippen LogP) is 3.09. The van der Waals surface area contributed by atoms with E-state index in [0.29, 0.717) is 6.04 Å². The Labute approximate surface area is 120 Å². The van der Waals surface area contributed by atoms with Crippen molar-refractivity contribution in [3.05, 3.63) is 47.4 Å². The van der Waals surface area contributed by atoms with Crippen LogP contribution in [-0.2, 0) is 6.54 Å². The van der Waals surface area contributed by atoms with Gasteiger partial charge >= 0.3 is 0 Å². The second kappa shape index (κ2) is 5.90. The van der Waals surface area contributed by atoms with E-state index in [-0.39, 0.29) is 0 Å². The van der Waals surface area contributed by atoms with Crippen molar-refractivity contribution in [2.24, 2.45) is 0 Å². The van der Waals surface area contributed by atoms with Gasteiger partial charge in [0.15, 0.2) is 5.82 Å². The number of nitrogen functional groups attached to an aromatic ring is 1. The SMILES string of the molecule is Cc1cnc(C)c(N(Cc2ccc(N)cc2)C(C)C)n1. The molecule has 4 heteroatoms. The first-order valence-corrected chi connectivity index (χ1v) is 6.88. The molecule has 0 saturated heterocycles. The molecule has 0 saturated carbocycles. The van der Waals surface area contributed by atoms with E-state index < -0.39 is 0 Å². The molecule has 2 aromatic rings. The molecule has 0 amide bonds. The van der Waals surface area contributed by atoms with Gasteiger partial charge in [0.2, 0.25) is 0 Å². The van der Waals surface area contributed by atoms with Crippen molar-refractivity contribution in [1.29, 1.82) is 0 Å². The number of hydrogen-bond donors (Lipinski definition) is 1. The van der Waals surface area contributed by atoms with Crippen molar-refractivity contribution in [1.82, 2.24) is 9.97 Å². The molecule has 0 fully saturated rings. The van der Waals surface area contributed by atoms with E-state index in [0.717, 1.165) is 29.4 Å². The Hall–Kier alpha value is -2.10. The van der Waals surface area contributed by atoms with Gasteiger partial charge in [-0.25, -0.2) is 4.98 Å². The summed E-state index contributed by atoms with van der Waals surface area (Å²) in [7, 11) is 0. The maximum absolute atomic E-state index is 5.74. The van der Waals surface area contributed by atoms with Crippen molar-refractivity contribution in [3.8, 4) is 0 Å². The second-order valence-corrected chi connectivity index (χ2v) is 5.38. The number of benzene rings is 1. The van der Waals surface area contributed by atoms with Gasteiger partial charge in [-0.05, 0) is 45.4 Å². The number of rotatable bonds is 4. The van der Waals surface area contributed by atoms with Gasteiger partial charge in [0, 0.05) is 24.5 Å². The molecule has 106 valence electrons. The minimum atomic E-state index is 0.349. The lowest BCUT2D eigenvalue weighted by Gasteiger charge is -2.29. The summed E-state index contributed by atoms with van der Waals surface area (Å²) in [5.41, 5.74) is 9.64. The Morgan fingerprint density at radius 1 is 1.15 bits per heavy atom. The number of nitrogens with zero attached hydrogens (tertiary/aromatic N) is 3. The Morgan fingerprint density at radius 2 is 1.80 bits per heavy atom. The van der Waals surface area contributed by atoms with Crippen LogP contribution in [0, 0.1) is 13.8 Å². The number of nitrogens with two attached hydrogens (primary N) is 1. The molecular formula is C16H22N4. The zero-order valence-electron chi connectivity index (χ0n) is 12.6. The van der Waals surface area contributed by atoms with Crippen LogP contribution in [0.3, 0.4) is 0 Å². The van der Waals surface area contributed by atoms with E-state index in [4.69, 9.17) is 5.73 Å². The van der Waals surface area contributed by atoms with E-state index in [1.807, 2.05) is 26.0 Å². The van der Waals surface area contributed by atoms with E-state index in [2.05, 4.69) is 40.8 Å². The van der Waals surface area contributed by atoms with Crippen LogP contribution in [-0.4, -0.2) is 16.0 Å². The van der Waals surface area contributed by atoms with Crippen LogP contribution >= 0.6 is 0 Å². The molecule has 1 aromatic heterocycles. The molecule has 0 unspecified atom stereocenters. The van der Waals surface area contributed by atoms with Gasteiger partial charge in [-0.15, -0.1) is 0 Å². The van der Waals surface area contributed by atoms with E-state index in [1.54, 1.807) is 6.20 Å². The minimum Gasteiger partial charge on any atom is -0.399 e. The first kappa shape index (κ1) is 14.3. The number of aryl methyl sites for hydroxylation is 2. The first-order chi connectivity index (χ1) is 9.47. The van der Waals surface area contributed by atoms with Gasteiger partial charge in [0.1, 0.15) is 0 Å². The normalized spacial score (nSPS) is 10.8. The second-order valence-electron chi connectivity index (χ2n) is 5.38. The summed E-state index contributed by atoms with van der Waals surface area (Å²) in [6.07, 6.45) is 1.81. The lowest BCUT2D eigenvalue weighted by Crippen LogP contribution is -2.32. The highest BCUT2D eigenvalue weighted by molar-refractivity contribution is 5.46. The molecule has 1 heterocycles. The minimum absolute atomic E-state index is 0.349. The molecule has 0 radical (unpaired) electrons. The lowest BCUT2D eigenvalue weighted by molar-refractivity contribution is 0.665. The Balaban J connectivity index is 2.31. The fraction of sp³-hybridized carbons (Fsp3) is 0.375. The van der Waals surface area contributed by atoms with Crippen LogP contribution < -0.4 is 10.6 Å². The molecule has 4 nitrogen and oxygen atoms in total. The van der Waals surface area contributed by atoms with Crippen LogP contribution in [0.1, 0.15) is 30.8 Å². The number of aromatic nitrogens is 2. The summed E-state index contributed by atoms with van der Waals surface area (Å²) >= 11 is 0. The molecule has 0 bridgehead atoms. The molecular weight excluding hydrogens is 248 g/mol. The number of anilines is 2. The molecule has 0 aliphatic carbocycles. The Kier molecular flexibility index (Phi) is 4.23. The topological polar surface area (TPSA) is 55.0 Å². The van der Waals surface area contributed by atoms with Crippen molar-refractivity contribution >= 4 is 11.5 Å². The predicted molar refractivity (Wildman–Crippen MR) is 83.7 cm³/mol. The van der Waals surface area contributed by atoms with Crippen molar-refractivity contribution in [3.63, 3.8) is 0 Å². The van der Waals surface area contributed by atoms with E-state index in [9.17, 15) is 0 Å². The Bertz CT molecular complexity index is 576. The summed E-state index contributed by atoms with van der Waals surface area (Å²) in [5.74, 6) is 0.955. The van der Waals surface area contributed by atoms with Crippen molar-refractivity contribution in [2.75, 3.05) is 10.6 Å². The smallest absolute Gasteiger partial charge is 0.150 e. The van der Waals surface area contributed by atoms with Crippen molar-refractivity contribution < 1.29 is 0 Å². The van der Waals surface area contributed by atoms with Gasteiger partial charge in [-0.1, -0.05) is 12.1 Å². The van der Waals surface area contributed by atoms with Gasteiger partial charge in [0.25, 0.3) is 0 Å². The summed E-state index contributed by atoms with van der Waals surface area (Å²) in [4.78, 5) is 11.3. The highest BCUT2D eigenvalue weighted by Crippen LogP contribution is 2.21. The molecule has 0 spiro atoms. The highest BCUT2D eigenvalue weighted by atomic mass is 15.2. The van der Waals surface area contributed by atoms with Crippen molar-refractivity contribution in [2.45, 2.75) is 40.3 Å². The quantitative estimate of drug-likeness (QED) is 0.867. The average Bonchev–Trinajstić information content (AvgIpc) is 2.41.